The van der Waals surface area contributed by atoms with Crippen molar-refractivity contribution in [3.63, 3.8) is 0 Å². The lowest BCUT2D eigenvalue weighted by Crippen LogP contribution is -2.42. The lowest BCUT2D eigenvalue weighted by Gasteiger charge is -2.17. The van der Waals surface area contributed by atoms with Crippen molar-refractivity contribution in [2.75, 3.05) is 18.1 Å². The largest absolute Gasteiger partial charge is 0.493 e. The summed E-state index contributed by atoms with van der Waals surface area (Å²) in [6.07, 6.45) is -0.643. The first-order valence-corrected chi connectivity index (χ1v) is 10.4. The summed E-state index contributed by atoms with van der Waals surface area (Å²) in [6, 6.07) is 6.15. The summed E-state index contributed by atoms with van der Waals surface area (Å²) in [5.74, 6) is -0.242. The van der Waals surface area contributed by atoms with E-state index in [0.717, 1.165) is 0 Å². The Hall–Kier alpha value is -2.09. The van der Waals surface area contributed by atoms with Crippen LogP contribution in [0.25, 0.3) is 0 Å². The summed E-state index contributed by atoms with van der Waals surface area (Å²) < 4.78 is 33.6. The monoisotopic (exact) mass is 383 g/mol. The van der Waals surface area contributed by atoms with Crippen LogP contribution in [0.1, 0.15) is 37.6 Å². The maximum Gasteiger partial charge on any atom is 0.339 e. The summed E-state index contributed by atoms with van der Waals surface area (Å²) in [5, 5.41) is 2.62. The Morgan fingerprint density at radius 3 is 2.62 bits per heavy atom. The molecule has 1 heterocycles. The van der Waals surface area contributed by atoms with Gasteiger partial charge in [0.15, 0.2) is 15.9 Å². The predicted octanol–water partition coefficient (Wildman–Crippen LogP) is 1.57. The molecule has 1 aliphatic heterocycles. The molecular weight excluding hydrogens is 358 g/mol. The second kappa shape index (κ2) is 8.53. The van der Waals surface area contributed by atoms with Crippen LogP contribution in [0, 0.1) is 5.92 Å². The highest BCUT2D eigenvalue weighted by molar-refractivity contribution is 7.91. The molecule has 0 saturated carbocycles. The third-order valence-electron chi connectivity index (χ3n) is 3.88. The van der Waals surface area contributed by atoms with Crippen LogP contribution in [0.2, 0.25) is 0 Å². The minimum Gasteiger partial charge on any atom is -0.493 e. The number of rotatable bonds is 7. The van der Waals surface area contributed by atoms with E-state index in [9.17, 15) is 18.0 Å². The summed E-state index contributed by atoms with van der Waals surface area (Å²) in [7, 11) is -3.09. The van der Waals surface area contributed by atoms with E-state index >= 15 is 0 Å². The molecule has 0 unspecified atom stereocenters. The van der Waals surface area contributed by atoms with Crippen LogP contribution in [-0.4, -0.2) is 50.6 Å². The molecule has 26 heavy (non-hydrogen) atoms. The minimum atomic E-state index is -3.09. The van der Waals surface area contributed by atoms with E-state index < -0.39 is 33.9 Å². The normalized spacial score (nSPS) is 19.8. The van der Waals surface area contributed by atoms with Crippen LogP contribution in [-0.2, 0) is 19.4 Å². The van der Waals surface area contributed by atoms with E-state index in [1.807, 2.05) is 13.8 Å². The number of esters is 1. The van der Waals surface area contributed by atoms with E-state index in [0.29, 0.717) is 24.7 Å². The van der Waals surface area contributed by atoms with Crippen LogP contribution in [0.15, 0.2) is 24.3 Å². The standard InChI is InChI=1S/C18H25NO6S/c1-12(2)10-24-16-6-4-5-14(9-16)18(21)25-13(3)17(20)19-15-7-8-26(22,23)11-15/h4-6,9,12-13,15H,7-8,10-11H2,1-3H3,(H,19,20)/t13-,15-/m1/s1. The lowest BCUT2D eigenvalue weighted by molar-refractivity contribution is -0.129. The molecule has 144 valence electrons. The number of nitrogens with one attached hydrogen (secondary N) is 1. The Morgan fingerprint density at radius 2 is 2.00 bits per heavy atom. The van der Waals surface area contributed by atoms with Crippen molar-refractivity contribution in [3.8, 4) is 5.75 Å². The van der Waals surface area contributed by atoms with Gasteiger partial charge in [0.2, 0.25) is 0 Å². The fraction of sp³-hybridized carbons (Fsp3) is 0.556. The first kappa shape index (κ1) is 20.2. The Labute approximate surface area is 154 Å². The van der Waals surface area contributed by atoms with Gasteiger partial charge in [0, 0.05) is 6.04 Å². The van der Waals surface area contributed by atoms with Crippen molar-refractivity contribution in [3.05, 3.63) is 29.8 Å². The highest BCUT2D eigenvalue weighted by atomic mass is 32.2. The molecule has 0 radical (unpaired) electrons. The van der Waals surface area contributed by atoms with Crippen LogP contribution < -0.4 is 10.1 Å². The topological polar surface area (TPSA) is 98.8 Å². The van der Waals surface area contributed by atoms with Gasteiger partial charge in [0.25, 0.3) is 5.91 Å². The van der Waals surface area contributed by atoms with E-state index in [2.05, 4.69) is 5.32 Å². The summed E-state index contributed by atoms with van der Waals surface area (Å²) in [5.41, 5.74) is 0.286. The van der Waals surface area contributed by atoms with Gasteiger partial charge in [0.05, 0.1) is 23.7 Å². The van der Waals surface area contributed by atoms with Crippen LogP contribution in [0.4, 0.5) is 0 Å². The molecule has 0 aromatic heterocycles. The number of carbonyl (C=O) groups excluding carboxylic acids is 2. The number of amides is 1. The van der Waals surface area contributed by atoms with Crippen molar-refractivity contribution in [1.82, 2.24) is 5.32 Å². The van der Waals surface area contributed by atoms with Gasteiger partial charge in [-0.2, -0.15) is 0 Å². The van der Waals surface area contributed by atoms with E-state index in [-0.39, 0.29) is 17.1 Å². The average Bonchev–Trinajstić information content (AvgIpc) is 2.91. The Morgan fingerprint density at radius 1 is 1.27 bits per heavy atom. The van der Waals surface area contributed by atoms with Crippen LogP contribution in [0.5, 0.6) is 5.75 Å². The van der Waals surface area contributed by atoms with Crippen molar-refractivity contribution in [1.29, 1.82) is 0 Å². The van der Waals surface area contributed by atoms with Gasteiger partial charge in [-0.25, -0.2) is 13.2 Å². The third-order valence-corrected chi connectivity index (χ3v) is 5.65. The molecular formula is C18H25NO6S. The molecule has 0 spiro atoms. The first-order valence-electron chi connectivity index (χ1n) is 8.61. The quantitative estimate of drug-likeness (QED) is 0.718. The van der Waals surface area contributed by atoms with Crippen molar-refractivity contribution >= 4 is 21.7 Å². The highest BCUT2D eigenvalue weighted by Gasteiger charge is 2.30. The van der Waals surface area contributed by atoms with E-state index in [4.69, 9.17) is 9.47 Å². The second-order valence-electron chi connectivity index (χ2n) is 6.89. The molecule has 1 aromatic rings. The second-order valence-corrected chi connectivity index (χ2v) is 9.12. The number of ether oxygens (including phenoxy) is 2. The summed E-state index contributed by atoms with van der Waals surface area (Å²) in [4.78, 5) is 24.3. The molecule has 0 aliphatic carbocycles. The van der Waals surface area contributed by atoms with Crippen molar-refractivity contribution in [2.24, 2.45) is 5.92 Å². The average molecular weight is 383 g/mol. The van der Waals surface area contributed by atoms with Gasteiger partial charge in [-0.3, -0.25) is 4.79 Å². The smallest absolute Gasteiger partial charge is 0.339 e. The molecule has 0 bridgehead atoms. The Bertz CT molecular complexity index is 759. The molecule has 8 heteroatoms. The third kappa shape index (κ3) is 6.01. The number of carbonyl (C=O) groups is 2. The predicted molar refractivity (Wildman–Crippen MR) is 96.9 cm³/mol. The maximum atomic E-state index is 12.2. The SMILES string of the molecule is CC(C)COc1cccc(C(=O)O[C@H](C)C(=O)N[C@@H]2CCS(=O)(=O)C2)c1. The summed E-state index contributed by atoms with van der Waals surface area (Å²) >= 11 is 0. The molecule has 1 aliphatic rings. The van der Waals surface area contributed by atoms with E-state index in [1.165, 1.54) is 6.92 Å². The lowest BCUT2D eigenvalue weighted by atomic mass is 10.2. The zero-order chi connectivity index (χ0) is 19.3. The van der Waals surface area contributed by atoms with Gasteiger partial charge in [-0.15, -0.1) is 0 Å². The molecule has 1 saturated heterocycles. The van der Waals surface area contributed by atoms with Gasteiger partial charge in [-0.1, -0.05) is 19.9 Å². The summed E-state index contributed by atoms with van der Waals surface area (Å²) in [6.45, 7) is 6.03. The van der Waals surface area contributed by atoms with Crippen molar-refractivity contribution < 1.29 is 27.5 Å². The molecule has 1 fully saturated rings. The van der Waals surface area contributed by atoms with Gasteiger partial charge in [0.1, 0.15) is 5.75 Å². The van der Waals surface area contributed by atoms with Gasteiger partial charge >= 0.3 is 5.97 Å². The molecule has 1 N–H and O–H groups in total. The number of benzene rings is 1. The number of sulfone groups is 1. The van der Waals surface area contributed by atoms with Gasteiger partial charge < -0.3 is 14.8 Å². The van der Waals surface area contributed by atoms with E-state index in [1.54, 1.807) is 24.3 Å². The fourth-order valence-electron chi connectivity index (χ4n) is 2.49. The molecule has 2 atom stereocenters. The van der Waals surface area contributed by atoms with Crippen LogP contribution >= 0.6 is 0 Å². The van der Waals surface area contributed by atoms with Gasteiger partial charge in [-0.05, 0) is 37.5 Å². The molecule has 7 nitrogen and oxygen atoms in total. The number of hydrogen-bond acceptors (Lipinski definition) is 6. The Kier molecular flexibility index (Phi) is 6.63. The first-order chi connectivity index (χ1) is 12.2. The molecule has 2 rings (SSSR count). The van der Waals surface area contributed by atoms with Crippen molar-refractivity contribution in [2.45, 2.75) is 39.3 Å². The highest BCUT2D eigenvalue weighted by Crippen LogP contribution is 2.16. The maximum absolute atomic E-state index is 12.2. The fourth-order valence-corrected chi connectivity index (χ4v) is 4.16. The minimum absolute atomic E-state index is 0.0648. The van der Waals surface area contributed by atoms with Crippen LogP contribution in [0.3, 0.4) is 0 Å². The number of hydrogen-bond donors (Lipinski definition) is 1. The molecule has 1 aromatic carbocycles. The zero-order valence-corrected chi connectivity index (χ0v) is 16.0. The Balaban J connectivity index is 1.90. The zero-order valence-electron chi connectivity index (χ0n) is 15.2. The molecule has 1 amide bonds.